The van der Waals surface area contributed by atoms with Crippen LogP contribution in [-0.4, -0.2) is 14.6 Å². The minimum absolute atomic E-state index is 0.0184. The third-order valence-corrected chi connectivity index (χ3v) is 1.76. The van der Waals surface area contributed by atoms with E-state index < -0.39 is 11.9 Å². The molecule has 0 saturated heterocycles. The SMILES string of the molecule is FC(F)(F)c1cc(Cl)nc2c[c]nn12. The Hall–Kier alpha value is -1.30. The highest BCUT2D eigenvalue weighted by atomic mass is 35.5. The van der Waals surface area contributed by atoms with E-state index in [-0.39, 0.29) is 10.8 Å². The van der Waals surface area contributed by atoms with Crippen LogP contribution < -0.4 is 0 Å². The molecule has 14 heavy (non-hydrogen) atoms. The lowest BCUT2D eigenvalue weighted by Gasteiger charge is -2.08. The minimum Gasteiger partial charge on any atom is -0.217 e. The smallest absolute Gasteiger partial charge is 0.217 e. The predicted octanol–water partition coefficient (Wildman–Crippen LogP) is 2.20. The van der Waals surface area contributed by atoms with Crippen LogP contribution in [0.5, 0.6) is 0 Å². The summed E-state index contributed by atoms with van der Waals surface area (Å²) in [6.07, 6.45) is -2.24. The van der Waals surface area contributed by atoms with Gasteiger partial charge in [0.15, 0.2) is 11.3 Å². The number of halogens is 4. The van der Waals surface area contributed by atoms with Crippen LogP contribution in [0.1, 0.15) is 5.69 Å². The summed E-state index contributed by atoms with van der Waals surface area (Å²) in [5, 5.41) is 3.15. The first-order valence-electron chi connectivity index (χ1n) is 3.48. The van der Waals surface area contributed by atoms with E-state index in [0.717, 1.165) is 6.07 Å². The molecule has 73 valence electrons. The van der Waals surface area contributed by atoms with Gasteiger partial charge in [-0.2, -0.15) is 18.3 Å². The van der Waals surface area contributed by atoms with Crippen molar-refractivity contribution in [3.05, 3.63) is 29.2 Å². The van der Waals surface area contributed by atoms with E-state index in [2.05, 4.69) is 16.3 Å². The normalized spacial score (nSPS) is 12.3. The van der Waals surface area contributed by atoms with Crippen molar-refractivity contribution in [1.82, 2.24) is 14.6 Å². The molecule has 7 heteroatoms. The first kappa shape index (κ1) is 9.26. The van der Waals surface area contributed by atoms with Crippen LogP contribution in [0.3, 0.4) is 0 Å². The first-order valence-corrected chi connectivity index (χ1v) is 3.86. The summed E-state index contributed by atoms with van der Waals surface area (Å²) >= 11 is 5.42. The second-order valence-electron chi connectivity index (χ2n) is 2.51. The largest absolute Gasteiger partial charge is 0.433 e. The van der Waals surface area contributed by atoms with E-state index in [1.165, 1.54) is 6.07 Å². The van der Waals surface area contributed by atoms with Gasteiger partial charge in [0.25, 0.3) is 0 Å². The molecule has 0 fully saturated rings. The number of alkyl halides is 3. The van der Waals surface area contributed by atoms with Crippen LogP contribution in [-0.2, 0) is 6.18 Å². The fraction of sp³-hybridized carbons (Fsp3) is 0.143. The number of aromatic nitrogens is 3. The van der Waals surface area contributed by atoms with Crippen molar-refractivity contribution in [2.45, 2.75) is 6.18 Å². The van der Waals surface area contributed by atoms with Gasteiger partial charge in [0.2, 0.25) is 0 Å². The van der Waals surface area contributed by atoms with Gasteiger partial charge in [-0.05, 0) is 0 Å². The Kier molecular flexibility index (Phi) is 1.88. The van der Waals surface area contributed by atoms with Crippen molar-refractivity contribution in [3.8, 4) is 0 Å². The molecule has 0 aromatic carbocycles. The standard InChI is InChI=1S/C7H2ClF3N3/c8-5-3-4(7(9,10)11)14-6(13-5)1-2-12-14/h1,3H. The van der Waals surface area contributed by atoms with Crippen molar-refractivity contribution < 1.29 is 13.2 Å². The van der Waals surface area contributed by atoms with Crippen LogP contribution in [0.4, 0.5) is 13.2 Å². The number of hydrogen-bond acceptors (Lipinski definition) is 2. The number of rotatable bonds is 0. The molecule has 0 unspecified atom stereocenters. The number of hydrogen-bond donors (Lipinski definition) is 0. The van der Waals surface area contributed by atoms with Gasteiger partial charge in [-0.1, -0.05) is 11.6 Å². The summed E-state index contributed by atoms with van der Waals surface area (Å²) in [5.41, 5.74) is -0.946. The molecule has 0 amide bonds. The maximum Gasteiger partial charge on any atom is 0.433 e. The molecule has 0 spiro atoms. The molecule has 0 aliphatic carbocycles. The zero-order valence-electron chi connectivity index (χ0n) is 6.51. The maximum atomic E-state index is 12.4. The van der Waals surface area contributed by atoms with Crippen LogP contribution >= 0.6 is 11.6 Å². The molecule has 2 rings (SSSR count). The highest BCUT2D eigenvalue weighted by Gasteiger charge is 2.34. The van der Waals surface area contributed by atoms with Gasteiger partial charge < -0.3 is 0 Å². The summed E-state index contributed by atoms with van der Waals surface area (Å²) in [6, 6.07) is 1.94. The number of fused-ring (bicyclic) bond motifs is 1. The number of nitrogens with zero attached hydrogens (tertiary/aromatic N) is 3. The lowest BCUT2D eigenvalue weighted by molar-refractivity contribution is -0.142. The Morgan fingerprint density at radius 2 is 2.14 bits per heavy atom. The average Bonchev–Trinajstić information content (AvgIpc) is 2.47. The van der Waals surface area contributed by atoms with E-state index in [1.807, 2.05) is 0 Å². The molecule has 3 nitrogen and oxygen atoms in total. The fourth-order valence-corrected chi connectivity index (χ4v) is 1.22. The second-order valence-corrected chi connectivity index (χ2v) is 2.89. The topological polar surface area (TPSA) is 30.2 Å². The quantitative estimate of drug-likeness (QED) is 0.637. The third kappa shape index (κ3) is 1.41. The molecule has 2 aromatic heterocycles. The van der Waals surface area contributed by atoms with Gasteiger partial charge in [-0.3, -0.25) is 0 Å². The van der Waals surface area contributed by atoms with Gasteiger partial charge >= 0.3 is 6.18 Å². The van der Waals surface area contributed by atoms with Crippen LogP contribution in [0.15, 0.2) is 12.1 Å². The molecule has 0 N–H and O–H groups in total. The summed E-state index contributed by atoms with van der Waals surface area (Å²) < 4.78 is 37.9. The average molecular weight is 221 g/mol. The first-order chi connectivity index (χ1) is 6.48. The fourth-order valence-electron chi connectivity index (χ4n) is 1.03. The van der Waals surface area contributed by atoms with E-state index in [1.54, 1.807) is 0 Å². The lowest BCUT2D eigenvalue weighted by atomic mass is 10.4. The highest BCUT2D eigenvalue weighted by Crippen LogP contribution is 2.30. The van der Waals surface area contributed by atoms with E-state index in [4.69, 9.17) is 11.6 Å². The Morgan fingerprint density at radius 1 is 1.43 bits per heavy atom. The Labute approximate surface area is 81.1 Å². The minimum atomic E-state index is -4.51. The molecular formula is C7H2ClF3N3. The predicted molar refractivity (Wildman–Crippen MR) is 41.8 cm³/mol. The zero-order valence-corrected chi connectivity index (χ0v) is 7.26. The molecule has 2 heterocycles. The zero-order chi connectivity index (χ0) is 10.3. The summed E-state index contributed by atoms with van der Waals surface area (Å²) in [4.78, 5) is 3.64. The van der Waals surface area contributed by atoms with Gasteiger partial charge in [0, 0.05) is 12.1 Å². The van der Waals surface area contributed by atoms with Gasteiger partial charge in [0.05, 0.1) is 0 Å². The van der Waals surface area contributed by atoms with Crippen LogP contribution in [0.25, 0.3) is 5.65 Å². The maximum absolute atomic E-state index is 12.4. The Balaban J connectivity index is 2.80. The van der Waals surface area contributed by atoms with E-state index in [9.17, 15) is 13.2 Å². The van der Waals surface area contributed by atoms with Crippen molar-refractivity contribution in [2.75, 3.05) is 0 Å². The van der Waals surface area contributed by atoms with Crippen LogP contribution in [0.2, 0.25) is 5.15 Å². The Bertz CT molecular complexity index is 476. The molecule has 1 radical (unpaired) electrons. The molecule has 0 bridgehead atoms. The molecule has 0 atom stereocenters. The van der Waals surface area contributed by atoms with Crippen molar-refractivity contribution >= 4 is 17.2 Å². The molecule has 0 aliphatic heterocycles. The van der Waals surface area contributed by atoms with Crippen molar-refractivity contribution in [1.29, 1.82) is 0 Å². The molecule has 0 saturated carbocycles. The van der Waals surface area contributed by atoms with Crippen molar-refractivity contribution in [2.24, 2.45) is 0 Å². The van der Waals surface area contributed by atoms with Gasteiger partial charge in [0.1, 0.15) is 11.3 Å². The Morgan fingerprint density at radius 3 is 2.79 bits per heavy atom. The summed E-state index contributed by atoms with van der Waals surface area (Å²) in [7, 11) is 0. The second kappa shape index (κ2) is 2.84. The van der Waals surface area contributed by atoms with E-state index >= 15 is 0 Å². The van der Waals surface area contributed by atoms with Gasteiger partial charge in [-0.25, -0.2) is 9.50 Å². The van der Waals surface area contributed by atoms with Gasteiger partial charge in [-0.15, -0.1) is 0 Å². The summed E-state index contributed by atoms with van der Waals surface area (Å²) in [6.45, 7) is 0. The summed E-state index contributed by atoms with van der Waals surface area (Å²) in [5.74, 6) is 0. The van der Waals surface area contributed by atoms with Crippen molar-refractivity contribution in [3.63, 3.8) is 0 Å². The van der Waals surface area contributed by atoms with E-state index in [0.29, 0.717) is 4.52 Å². The highest BCUT2D eigenvalue weighted by molar-refractivity contribution is 6.29. The van der Waals surface area contributed by atoms with Crippen LogP contribution in [0, 0.1) is 6.20 Å². The monoisotopic (exact) mass is 220 g/mol. The third-order valence-electron chi connectivity index (χ3n) is 1.56. The molecular weight excluding hydrogens is 219 g/mol. The molecule has 2 aromatic rings. The molecule has 0 aliphatic rings. The lowest BCUT2D eigenvalue weighted by Crippen LogP contribution is -2.13.